The molecule has 1 heterocycles. The summed E-state index contributed by atoms with van der Waals surface area (Å²) < 4.78 is 50.3. The molecule has 1 N–H and O–H groups in total. The van der Waals surface area contributed by atoms with Gasteiger partial charge in [0.2, 0.25) is 11.6 Å². The number of ether oxygens (including phenoxy) is 4. The van der Waals surface area contributed by atoms with Gasteiger partial charge in [-0.25, -0.2) is 13.4 Å². The first kappa shape index (κ1) is 21.4. The number of nitrogens with one attached hydrogen (secondary N) is 1. The zero-order chi connectivity index (χ0) is 21.2. The van der Waals surface area contributed by atoms with Crippen molar-refractivity contribution < 1.29 is 27.4 Å². The number of aliphatic imine (C=N–C) groups is 1. The number of sulfonamides is 1. The highest BCUT2D eigenvalue weighted by Gasteiger charge is 2.29. The maximum Gasteiger partial charge on any atom is 0.262 e. The second kappa shape index (κ2) is 8.56. The molecule has 2 aromatic carbocycles. The first-order valence-corrected chi connectivity index (χ1v) is 10.5. The molecule has 11 heteroatoms. The Bertz CT molecular complexity index is 1050. The van der Waals surface area contributed by atoms with E-state index in [1.54, 1.807) is 6.07 Å². The average Bonchev–Trinajstić information content (AvgIpc) is 3.20. The van der Waals surface area contributed by atoms with E-state index in [0.29, 0.717) is 24.5 Å². The summed E-state index contributed by atoms with van der Waals surface area (Å²) in [5, 5.41) is 0.363. The molecule has 0 amide bonds. The molecule has 0 radical (unpaired) electrons. The van der Waals surface area contributed by atoms with Gasteiger partial charge in [-0.3, -0.25) is 4.72 Å². The van der Waals surface area contributed by atoms with Crippen LogP contribution in [0.25, 0.3) is 0 Å². The highest BCUT2D eigenvalue weighted by Crippen LogP contribution is 2.46. The second-order valence-electron chi connectivity index (χ2n) is 5.81. The fourth-order valence-electron chi connectivity index (χ4n) is 2.80. The topological polar surface area (TPSA) is 95.5 Å². The van der Waals surface area contributed by atoms with E-state index in [1.165, 1.54) is 39.5 Å². The first-order valence-electron chi connectivity index (χ1n) is 8.30. The molecule has 156 valence electrons. The van der Waals surface area contributed by atoms with Crippen LogP contribution in [0.3, 0.4) is 0 Å². The van der Waals surface area contributed by atoms with Crippen LogP contribution in [0.2, 0.25) is 10.0 Å². The summed E-state index contributed by atoms with van der Waals surface area (Å²) in [7, 11) is 0.158. The minimum absolute atomic E-state index is 0.0851. The molecule has 3 rings (SSSR count). The molecule has 0 bridgehead atoms. The first-order chi connectivity index (χ1) is 13.8. The number of halogens is 2. The van der Waals surface area contributed by atoms with Crippen LogP contribution in [-0.2, 0) is 14.8 Å². The zero-order valence-electron chi connectivity index (χ0n) is 15.8. The molecular formula is C18H18Cl2N2O6S. The van der Waals surface area contributed by atoms with Crippen LogP contribution in [0.1, 0.15) is 5.56 Å². The normalized spacial score (nSPS) is 13.5. The summed E-state index contributed by atoms with van der Waals surface area (Å²) in [6, 6.07) is 5.57. The van der Waals surface area contributed by atoms with Crippen molar-refractivity contribution in [3.63, 3.8) is 0 Å². The lowest BCUT2D eigenvalue weighted by Gasteiger charge is -2.20. The maximum atomic E-state index is 13.1. The fourth-order valence-corrected chi connectivity index (χ4v) is 4.61. The van der Waals surface area contributed by atoms with E-state index in [2.05, 4.69) is 9.71 Å². The number of methoxy groups -OCH3 is 3. The summed E-state index contributed by atoms with van der Waals surface area (Å²) >= 11 is 11.9. The summed E-state index contributed by atoms with van der Waals surface area (Å²) in [5.74, 6) is 0.897. The molecule has 0 spiro atoms. The van der Waals surface area contributed by atoms with Crippen LogP contribution in [0.15, 0.2) is 34.2 Å². The quantitative estimate of drug-likeness (QED) is 0.677. The Hall–Kier alpha value is -2.36. The summed E-state index contributed by atoms with van der Waals surface area (Å²) in [5.41, 5.74) is 0.426. The van der Waals surface area contributed by atoms with Crippen LogP contribution in [0.4, 0.5) is 5.69 Å². The highest BCUT2D eigenvalue weighted by atomic mass is 35.5. The van der Waals surface area contributed by atoms with Crippen LogP contribution >= 0.6 is 23.2 Å². The predicted molar refractivity (Wildman–Crippen MR) is 111 cm³/mol. The molecule has 8 nitrogen and oxygen atoms in total. The number of rotatable bonds is 7. The van der Waals surface area contributed by atoms with Crippen molar-refractivity contribution in [3.05, 3.63) is 39.9 Å². The highest BCUT2D eigenvalue weighted by molar-refractivity contribution is 7.92. The van der Waals surface area contributed by atoms with Crippen molar-refractivity contribution >= 4 is 44.8 Å². The van der Waals surface area contributed by atoms with Crippen molar-refractivity contribution in [1.82, 2.24) is 0 Å². The molecule has 0 saturated heterocycles. The molecule has 29 heavy (non-hydrogen) atoms. The van der Waals surface area contributed by atoms with Gasteiger partial charge in [0.15, 0.2) is 11.5 Å². The van der Waals surface area contributed by atoms with Gasteiger partial charge in [0.25, 0.3) is 10.0 Å². The van der Waals surface area contributed by atoms with Gasteiger partial charge in [0.05, 0.1) is 38.3 Å². The minimum atomic E-state index is -4.09. The minimum Gasteiger partial charge on any atom is -0.493 e. The van der Waals surface area contributed by atoms with Crippen LogP contribution < -0.4 is 18.9 Å². The monoisotopic (exact) mass is 460 g/mol. The summed E-state index contributed by atoms with van der Waals surface area (Å²) in [6.45, 7) is 0.824. The van der Waals surface area contributed by atoms with Crippen LogP contribution in [0, 0.1) is 0 Å². The Kier molecular flexibility index (Phi) is 6.30. The third kappa shape index (κ3) is 4.31. The van der Waals surface area contributed by atoms with E-state index in [4.69, 9.17) is 42.1 Å². The predicted octanol–water partition coefficient (Wildman–Crippen LogP) is 3.60. The van der Waals surface area contributed by atoms with Gasteiger partial charge >= 0.3 is 0 Å². The van der Waals surface area contributed by atoms with Gasteiger partial charge in [-0.1, -0.05) is 23.2 Å². The second-order valence-corrected chi connectivity index (χ2v) is 8.37. The standard InChI is InChI=1S/C18H18Cl2N2O6S/c1-25-14-9-13(18-21-4-5-28-18)15(17(27-3)16(14)26-2)22-29(23,24)12-7-10(19)6-11(20)8-12/h6-9,22H,4-5H2,1-3H3. The molecule has 0 unspecified atom stereocenters. The van der Waals surface area contributed by atoms with Crippen molar-refractivity contribution in [2.24, 2.45) is 4.99 Å². The van der Waals surface area contributed by atoms with E-state index >= 15 is 0 Å². The van der Waals surface area contributed by atoms with Crippen LogP contribution in [0.5, 0.6) is 17.2 Å². The van der Waals surface area contributed by atoms with E-state index in [1.807, 2.05) is 0 Å². The fraction of sp³-hybridized carbons (Fsp3) is 0.278. The van der Waals surface area contributed by atoms with Gasteiger partial charge < -0.3 is 18.9 Å². The van der Waals surface area contributed by atoms with Gasteiger partial charge in [-0.15, -0.1) is 0 Å². The van der Waals surface area contributed by atoms with Gasteiger partial charge in [0, 0.05) is 10.0 Å². The third-order valence-corrected chi connectivity index (χ3v) is 5.79. The smallest absolute Gasteiger partial charge is 0.262 e. The molecule has 0 atom stereocenters. The van der Waals surface area contributed by atoms with Crippen molar-refractivity contribution in [2.75, 3.05) is 39.2 Å². The van der Waals surface area contributed by atoms with E-state index in [0.717, 1.165) is 0 Å². The van der Waals surface area contributed by atoms with Gasteiger partial charge in [-0.05, 0) is 24.3 Å². The Morgan fingerprint density at radius 3 is 2.17 bits per heavy atom. The van der Waals surface area contributed by atoms with Crippen LogP contribution in [-0.4, -0.2) is 48.8 Å². The number of hydrogen-bond donors (Lipinski definition) is 1. The number of anilines is 1. The third-order valence-electron chi connectivity index (χ3n) is 4.03. The molecule has 1 aliphatic rings. The molecule has 0 aliphatic carbocycles. The Labute approximate surface area is 178 Å². The average molecular weight is 461 g/mol. The Morgan fingerprint density at radius 2 is 1.66 bits per heavy atom. The van der Waals surface area contributed by atoms with Gasteiger partial charge in [0.1, 0.15) is 12.3 Å². The Balaban J connectivity index is 2.21. The molecule has 2 aromatic rings. The lowest BCUT2D eigenvalue weighted by atomic mass is 10.1. The lowest BCUT2D eigenvalue weighted by molar-refractivity contribution is 0.324. The number of nitrogens with zero attached hydrogens (tertiary/aromatic N) is 1. The summed E-state index contributed by atoms with van der Waals surface area (Å²) in [4.78, 5) is 4.15. The molecular weight excluding hydrogens is 443 g/mol. The Morgan fingerprint density at radius 1 is 1.00 bits per heavy atom. The van der Waals surface area contributed by atoms with E-state index < -0.39 is 10.0 Å². The van der Waals surface area contributed by atoms with E-state index in [9.17, 15) is 8.42 Å². The zero-order valence-corrected chi connectivity index (χ0v) is 18.1. The van der Waals surface area contributed by atoms with Crippen molar-refractivity contribution in [2.45, 2.75) is 4.90 Å². The van der Waals surface area contributed by atoms with E-state index in [-0.39, 0.29) is 38.0 Å². The maximum absolute atomic E-state index is 13.1. The number of hydrogen-bond acceptors (Lipinski definition) is 7. The molecule has 0 fully saturated rings. The van der Waals surface area contributed by atoms with Gasteiger partial charge in [-0.2, -0.15) is 0 Å². The molecule has 1 aliphatic heterocycles. The SMILES string of the molecule is COc1cc(C2=NCCO2)c(NS(=O)(=O)c2cc(Cl)cc(Cl)c2)c(OC)c1OC. The molecule has 0 aromatic heterocycles. The summed E-state index contributed by atoms with van der Waals surface area (Å²) in [6.07, 6.45) is 0. The molecule has 0 saturated carbocycles. The lowest BCUT2D eigenvalue weighted by Crippen LogP contribution is -2.17. The largest absolute Gasteiger partial charge is 0.493 e. The number of benzene rings is 2. The van der Waals surface area contributed by atoms with Crippen molar-refractivity contribution in [1.29, 1.82) is 0 Å². The van der Waals surface area contributed by atoms with Crippen molar-refractivity contribution in [3.8, 4) is 17.2 Å².